The number of nitrogens with one attached hydrogen (secondary N) is 2. The molecule has 1 aliphatic rings. The Morgan fingerprint density at radius 1 is 1.11 bits per heavy atom. The quantitative estimate of drug-likeness (QED) is 0.594. The summed E-state index contributed by atoms with van der Waals surface area (Å²) in [6, 6.07) is 12.0. The minimum atomic E-state index is -3.84. The molecule has 38 heavy (non-hydrogen) atoms. The molecule has 1 heterocycles. The van der Waals surface area contributed by atoms with Gasteiger partial charge in [-0.1, -0.05) is 25.1 Å². The van der Waals surface area contributed by atoms with Gasteiger partial charge in [0.25, 0.3) is 15.9 Å². The van der Waals surface area contributed by atoms with E-state index in [-0.39, 0.29) is 64.5 Å². The highest BCUT2D eigenvalue weighted by Crippen LogP contribution is 2.28. The predicted octanol–water partition coefficient (Wildman–Crippen LogP) is 3.41. The third-order valence-corrected chi connectivity index (χ3v) is 7.82. The van der Waals surface area contributed by atoms with Crippen LogP contribution in [0.4, 0.5) is 10.5 Å². The SMILES string of the molecule is CO[C@@H]1CN(C)C(=O)c2ccc(NS(=O)(=O)c3ccccc3)cc2OC[C@@H](C)N(C(=O)NC(C)C)C[C@@H]1C. The summed E-state index contributed by atoms with van der Waals surface area (Å²) in [7, 11) is -0.574. The van der Waals surface area contributed by atoms with Gasteiger partial charge in [-0.2, -0.15) is 0 Å². The first-order valence-corrected chi connectivity index (χ1v) is 14.1. The lowest BCUT2D eigenvalue weighted by Gasteiger charge is -2.36. The summed E-state index contributed by atoms with van der Waals surface area (Å²) in [6.07, 6.45) is -0.314. The second-order valence-electron chi connectivity index (χ2n) is 9.98. The summed E-state index contributed by atoms with van der Waals surface area (Å²) in [4.78, 5) is 29.8. The van der Waals surface area contributed by atoms with Crippen molar-refractivity contribution in [2.24, 2.45) is 5.92 Å². The van der Waals surface area contributed by atoms with Crippen molar-refractivity contribution in [2.45, 2.75) is 50.8 Å². The molecule has 3 amide bonds. The van der Waals surface area contributed by atoms with Gasteiger partial charge in [0.05, 0.1) is 28.3 Å². The summed E-state index contributed by atoms with van der Waals surface area (Å²) < 4.78 is 40.1. The number of ether oxygens (including phenoxy) is 2. The van der Waals surface area contributed by atoms with Gasteiger partial charge in [0.1, 0.15) is 12.4 Å². The molecule has 0 fully saturated rings. The molecule has 0 aliphatic carbocycles. The number of urea groups is 1. The van der Waals surface area contributed by atoms with Crippen molar-refractivity contribution in [1.29, 1.82) is 0 Å². The number of hydrogen-bond acceptors (Lipinski definition) is 6. The molecule has 0 saturated carbocycles. The predicted molar refractivity (Wildman–Crippen MR) is 146 cm³/mol. The van der Waals surface area contributed by atoms with Crippen LogP contribution in [-0.2, 0) is 14.8 Å². The number of benzene rings is 2. The molecular formula is C27H38N4O6S. The molecule has 3 rings (SSSR count). The molecule has 208 valence electrons. The van der Waals surface area contributed by atoms with Crippen LogP contribution in [0.25, 0.3) is 0 Å². The van der Waals surface area contributed by atoms with Gasteiger partial charge in [-0.3, -0.25) is 9.52 Å². The molecule has 0 aromatic heterocycles. The summed E-state index contributed by atoms with van der Waals surface area (Å²) in [5.41, 5.74) is 0.532. The summed E-state index contributed by atoms with van der Waals surface area (Å²) in [6.45, 7) is 8.43. The fourth-order valence-electron chi connectivity index (χ4n) is 4.26. The Balaban J connectivity index is 1.98. The minimum absolute atomic E-state index is 0.0461. The number of methoxy groups -OCH3 is 1. The zero-order chi connectivity index (χ0) is 28.0. The molecule has 2 aromatic rings. The number of fused-ring (bicyclic) bond motifs is 1. The maximum Gasteiger partial charge on any atom is 0.317 e. The lowest BCUT2D eigenvalue weighted by molar-refractivity contribution is 0.0165. The summed E-state index contributed by atoms with van der Waals surface area (Å²) >= 11 is 0. The molecule has 0 bridgehead atoms. The van der Waals surface area contributed by atoms with Gasteiger partial charge >= 0.3 is 6.03 Å². The van der Waals surface area contributed by atoms with Crippen LogP contribution in [0.15, 0.2) is 53.4 Å². The molecule has 0 spiro atoms. The van der Waals surface area contributed by atoms with E-state index < -0.39 is 10.0 Å². The fourth-order valence-corrected chi connectivity index (χ4v) is 5.33. The molecule has 10 nitrogen and oxygen atoms in total. The number of anilines is 1. The number of carbonyl (C=O) groups excluding carboxylic acids is 2. The zero-order valence-corrected chi connectivity index (χ0v) is 23.6. The van der Waals surface area contributed by atoms with E-state index in [2.05, 4.69) is 10.0 Å². The maximum atomic E-state index is 13.4. The van der Waals surface area contributed by atoms with Crippen LogP contribution >= 0.6 is 0 Å². The Labute approximate surface area is 225 Å². The molecule has 11 heteroatoms. The molecule has 2 N–H and O–H groups in total. The van der Waals surface area contributed by atoms with Gasteiger partial charge in [-0.25, -0.2) is 13.2 Å². The molecule has 1 aliphatic heterocycles. The highest BCUT2D eigenvalue weighted by molar-refractivity contribution is 7.92. The van der Waals surface area contributed by atoms with E-state index in [1.807, 2.05) is 27.7 Å². The second kappa shape index (κ2) is 12.5. The van der Waals surface area contributed by atoms with Gasteiger partial charge in [-0.05, 0) is 45.0 Å². The largest absolute Gasteiger partial charge is 0.491 e. The van der Waals surface area contributed by atoms with Crippen molar-refractivity contribution in [3.63, 3.8) is 0 Å². The Morgan fingerprint density at radius 2 is 1.79 bits per heavy atom. The van der Waals surface area contributed by atoms with Crippen molar-refractivity contribution in [1.82, 2.24) is 15.1 Å². The van der Waals surface area contributed by atoms with Gasteiger partial charge in [0.15, 0.2) is 0 Å². The third kappa shape index (κ3) is 7.16. The number of amides is 3. The lowest BCUT2D eigenvalue weighted by Crippen LogP contribution is -2.52. The van der Waals surface area contributed by atoms with Crippen molar-refractivity contribution in [3.8, 4) is 5.75 Å². The van der Waals surface area contributed by atoms with Crippen molar-refractivity contribution < 1.29 is 27.5 Å². The number of carbonyl (C=O) groups is 2. The zero-order valence-electron chi connectivity index (χ0n) is 22.8. The van der Waals surface area contributed by atoms with Gasteiger partial charge < -0.3 is 24.6 Å². The van der Waals surface area contributed by atoms with E-state index in [0.717, 1.165) is 0 Å². The second-order valence-corrected chi connectivity index (χ2v) is 11.7. The summed E-state index contributed by atoms with van der Waals surface area (Å²) in [5, 5.41) is 2.94. The number of likely N-dealkylation sites (N-methyl/N-ethyl adjacent to an activating group) is 1. The van der Waals surface area contributed by atoms with Gasteiger partial charge in [0.2, 0.25) is 0 Å². The van der Waals surface area contributed by atoms with Gasteiger partial charge in [-0.15, -0.1) is 0 Å². The van der Waals surface area contributed by atoms with Crippen LogP contribution in [0.3, 0.4) is 0 Å². The van der Waals surface area contributed by atoms with E-state index in [1.54, 1.807) is 48.2 Å². The average Bonchev–Trinajstić information content (AvgIpc) is 2.87. The van der Waals surface area contributed by atoms with E-state index in [4.69, 9.17) is 9.47 Å². The first-order valence-electron chi connectivity index (χ1n) is 12.6. The maximum absolute atomic E-state index is 13.4. The van der Waals surface area contributed by atoms with Crippen LogP contribution in [0, 0.1) is 5.92 Å². The van der Waals surface area contributed by atoms with E-state index >= 15 is 0 Å². The van der Waals surface area contributed by atoms with Crippen LogP contribution in [0.5, 0.6) is 5.75 Å². The molecule has 0 saturated heterocycles. The fraction of sp³-hybridized carbons (Fsp3) is 0.481. The third-order valence-electron chi connectivity index (χ3n) is 6.43. The van der Waals surface area contributed by atoms with E-state index in [1.165, 1.54) is 24.3 Å². The number of rotatable bonds is 5. The number of sulfonamides is 1. The molecule has 0 radical (unpaired) electrons. The topological polar surface area (TPSA) is 117 Å². The van der Waals surface area contributed by atoms with Crippen molar-refractivity contribution in [3.05, 3.63) is 54.1 Å². The van der Waals surface area contributed by atoms with Crippen molar-refractivity contribution in [2.75, 3.05) is 38.6 Å². The van der Waals surface area contributed by atoms with Crippen molar-refractivity contribution >= 4 is 27.6 Å². The normalized spacial score (nSPS) is 21.1. The molecule has 0 unspecified atom stereocenters. The first-order chi connectivity index (χ1) is 17.9. The average molecular weight is 547 g/mol. The molecular weight excluding hydrogens is 508 g/mol. The van der Waals surface area contributed by atoms with Crippen LogP contribution in [0.2, 0.25) is 0 Å². The van der Waals surface area contributed by atoms with Gasteiger partial charge in [0, 0.05) is 45.3 Å². The standard InChI is InChI=1S/C27H38N4O6S/c1-18(2)28-27(33)31-15-19(3)25(36-6)16-30(5)26(32)23-13-12-21(14-24(23)37-17-20(31)4)29-38(34,35)22-10-8-7-9-11-22/h7-14,18-20,25,29H,15-17H2,1-6H3,(H,28,33)/t19-,20+,25+/m0/s1. The Bertz CT molecular complexity index is 1220. The van der Waals surface area contributed by atoms with Crippen LogP contribution < -0.4 is 14.8 Å². The van der Waals surface area contributed by atoms with Crippen LogP contribution in [0.1, 0.15) is 38.1 Å². The number of nitrogens with zero attached hydrogens (tertiary/aromatic N) is 2. The first kappa shape index (κ1) is 29.2. The Morgan fingerprint density at radius 3 is 2.42 bits per heavy atom. The Hall–Kier alpha value is -3.31. The minimum Gasteiger partial charge on any atom is -0.491 e. The molecule has 2 aromatic carbocycles. The van der Waals surface area contributed by atoms with E-state index in [9.17, 15) is 18.0 Å². The highest BCUT2D eigenvalue weighted by Gasteiger charge is 2.30. The van der Waals surface area contributed by atoms with Crippen LogP contribution in [-0.4, -0.2) is 82.2 Å². The lowest BCUT2D eigenvalue weighted by atomic mass is 10.0. The molecule has 3 atom stereocenters. The monoisotopic (exact) mass is 546 g/mol. The Kier molecular flexibility index (Phi) is 9.61. The smallest absolute Gasteiger partial charge is 0.317 e. The van der Waals surface area contributed by atoms with E-state index in [0.29, 0.717) is 13.1 Å². The number of hydrogen-bond donors (Lipinski definition) is 2. The summed E-state index contributed by atoms with van der Waals surface area (Å²) in [5.74, 6) is -0.132. The highest BCUT2D eigenvalue weighted by atomic mass is 32.2.